The van der Waals surface area contributed by atoms with Gasteiger partial charge in [0.25, 0.3) is 0 Å². The number of nitrogens with two attached hydrogens (primary N) is 1. The van der Waals surface area contributed by atoms with Gasteiger partial charge >= 0.3 is 5.97 Å². The maximum Gasteiger partial charge on any atom is 0.325 e. The molecule has 12 heavy (non-hydrogen) atoms. The van der Waals surface area contributed by atoms with Gasteiger partial charge in [-0.1, -0.05) is 17.7 Å². The third-order valence-corrected chi connectivity index (χ3v) is 1.42. The highest BCUT2D eigenvalue weighted by atomic mass is 16.5. The van der Waals surface area contributed by atoms with Crippen molar-refractivity contribution >= 4 is 5.97 Å². The van der Waals surface area contributed by atoms with Crippen LogP contribution in [0.25, 0.3) is 0 Å². The van der Waals surface area contributed by atoms with E-state index in [0.29, 0.717) is 5.75 Å². The summed E-state index contributed by atoms with van der Waals surface area (Å²) in [6.07, 6.45) is 0. The molecule has 0 aliphatic heterocycles. The molecule has 0 bridgehead atoms. The van der Waals surface area contributed by atoms with Crippen LogP contribution in [0.15, 0.2) is 24.3 Å². The van der Waals surface area contributed by atoms with E-state index in [4.69, 9.17) is 10.5 Å². The summed E-state index contributed by atoms with van der Waals surface area (Å²) in [4.78, 5) is 10.7. The molecule has 1 rings (SSSR count). The number of hydrogen-bond donors (Lipinski definition) is 1. The highest BCUT2D eigenvalue weighted by Crippen LogP contribution is 2.10. The van der Waals surface area contributed by atoms with E-state index in [0.717, 1.165) is 5.56 Å². The van der Waals surface area contributed by atoms with Crippen molar-refractivity contribution in [3.8, 4) is 5.75 Å². The maximum atomic E-state index is 10.7. The fourth-order valence-electron chi connectivity index (χ4n) is 0.779. The smallest absolute Gasteiger partial charge is 0.325 e. The summed E-state index contributed by atoms with van der Waals surface area (Å²) in [5, 5.41) is 0. The molecule has 0 heterocycles. The van der Waals surface area contributed by atoms with Crippen molar-refractivity contribution in [2.75, 3.05) is 6.54 Å². The second-order valence-electron chi connectivity index (χ2n) is 2.49. The van der Waals surface area contributed by atoms with Gasteiger partial charge in [-0.15, -0.1) is 0 Å². The van der Waals surface area contributed by atoms with E-state index < -0.39 is 5.97 Å². The zero-order valence-electron chi connectivity index (χ0n) is 6.91. The first kappa shape index (κ1) is 8.74. The van der Waals surface area contributed by atoms with Crippen molar-refractivity contribution in [2.45, 2.75) is 6.92 Å². The Labute approximate surface area is 71.1 Å². The number of carbonyl (C=O) groups excluding carboxylic acids is 1. The number of ether oxygens (including phenoxy) is 1. The van der Waals surface area contributed by atoms with Gasteiger partial charge in [-0.3, -0.25) is 4.79 Å². The zero-order valence-corrected chi connectivity index (χ0v) is 6.91. The second kappa shape index (κ2) is 3.88. The highest BCUT2D eigenvalue weighted by Gasteiger charge is 1.99. The fraction of sp³-hybridized carbons (Fsp3) is 0.222. The summed E-state index contributed by atoms with van der Waals surface area (Å²) in [5.74, 6) is 0.120. The Morgan fingerprint density at radius 3 is 2.50 bits per heavy atom. The van der Waals surface area contributed by atoms with Gasteiger partial charge in [0.05, 0.1) is 6.54 Å². The van der Waals surface area contributed by atoms with E-state index in [1.807, 2.05) is 19.1 Å². The van der Waals surface area contributed by atoms with Crippen LogP contribution in [0.5, 0.6) is 5.75 Å². The van der Waals surface area contributed by atoms with E-state index in [1.54, 1.807) is 12.1 Å². The Morgan fingerprint density at radius 2 is 2.00 bits per heavy atom. The van der Waals surface area contributed by atoms with Gasteiger partial charge in [-0.05, 0) is 19.1 Å². The van der Waals surface area contributed by atoms with Crippen molar-refractivity contribution in [2.24, 2.45) is 5.73 Å². The largest absolute Gasteiger partial charge is 0.426 e. The van der Waals surface area contributed by atoms with Crippen LogP contribution in [0, 0.1) is 6.92 Å². The molecule has 1 aromatic rings. The van der Waals surface area contributed by atoms with Crippen LogP contribution in [0.2, 0.25) is 0 Å². The molecule has 3 heteroatoms. The molecule has 0 unspecified atom stereocenters. The highest BCUT2D eigenvalue weighted by molar-refractivity contribution is 5.74. The number of rotatable bonds is 2. The van der Waals surface area contributed by atoms with Gasteiger partial charge < -0.3 is 10.5 Å². The summed E-state index contributed by atoms with van der Waals surface area (Å²) in [6, 6.07) is 7.23. The van der Waals surface area contributed by atoms with Gasteiger partial charge in [0.15, 0.2) is 0 Å². The SMILES string of the molecule is Cc1ccc(OC(=O)CN)cc1. The van der Waals surface area contributed by atoms with Crippen molar-refractivity contribution in [1.82, 2.24) is 0 Å². The number of carbonyl (C=O) groups is 1. The quantitative estimate of drug-likeness (QED) is 0.522. The third-order valence-electron chi connectivity index (χ3n) is 1.42. The summed E-state index contributed by atoms with van der Waals surface area (Å²) in [5.41, 5.74) is 6.20. The number of benzene rings is 1. The van der Waals surface area contributed by atoms with E-state index in [9.17, 15) is 4.79 Å². The fourth-order valence-corrected chi connectivity index (χ4v) is 0.779. The van der Waals surface area contributed by atoms with Gasteiger partial charge in [-0.25, -0.2) is 0 Å². The Balaban J connectivity index is 2.64. The van der Waals surface area contributed by atoms with Crippen LogP contribution in [-0.2, 0) is 4.79 Å². The van der Waals surface area contributed by atoms with Crippen LogP contribution in [0.1, 0.15) is 5.56 Å². The molecule has 3 nitrogen and oxygen atoms in total. The molecule has 64 valence electrons. The van der Waals surface area contributed by atoms with E-state index >= 15 is 0 Å². The lowest BCUT2D eigenvalue weighted by atomic mass is 10.2. The van der Waals surface area contributed by atoms with Crippen molar-refractivity contribution in [1.29, 1.82) is 0 Å². The standard InChI is InChI=1S/C9H11NO2/c1-7-2-4-8(5-3-7)12-9(11)6-10/h2-5H,6,10H2,1H3. The van der Waals surface area contributed by atoms with Gasteiger partial charge in [-0.2, -0.15) is 0 Å². The Bertz CT molecular complexity index is 266. The minimum Gasteiger partial charge on any atom is -0.426 e. The molecule has 1 aromatic carbocycles. The zero-order chi connectivity index (χ0) is 8.97. The molecule has 0 aromatic heterocycles. The molecule has 0 amide bonds. The van der Waals surface area contributed by atoms with Crippen molar-refractivity contribution in [3.63, 3.8) is 0 Å². The molecule has 0 aliphatic rings. The minimum absolute atomic E-state index is 0.0894. The predicted molar refractivity (Wildman–Crippen MR) is 45.9 cm³/mol. The third kappa shape index (κ3) is 2.36. The number of esters is 1. The lowest BCUT2D eigenvalue weighted by molar-refractivity contribution is -0.132. The van der Waals surface area contributed by atoms with Crippen LogP contribution >= 0.6 is 0 Å². The first-order valence-electron chi connectivity index (χ1n) is 3.70. The Morgan fingerprint density at radius 1 is 1.42 bits per heavy atom. The van der Waals surface area contributed by atoms with Gasteiger partial charge in [0.1, 0.15) is 5.75 Å². The average molecular weight is 165 g/mol. The maximum absolute atomic E-state index is 10.7. The lowest BCUT2D eigenvalue weighted by Crippen LogP contribution is -2.19. The van der Waals surface area contributed by atoms with E-state index in [2.05, 4.69) is 0 Å². The Hall–Kier alpha value is -1.35. The molecule has 0 saturated carbocycles. The first-order chi connectivity index (χ1) is 5.72. The van der Waals surface area contributed by atoms with E-state index in [1.165, 1.54) is 0 Å². The van der Waals surface area contributed by atoms with E-state index in [-0.39, 0.29) is 6.54 Å². The Kier molecular flexibility index (Phi) is 2.82. The van der Waals surface area contributed by atoms with Crippen LogP contribution < -0.4 is 10.5 Å². The predicted octanol–water partition coefficient (Wildman–Crippen LogP) is 0.859. The number of aryl methyl sites for hydroxylation is 1. The summed E-state index contributed by atoms with van der Waals surface area (Å²) >= 11 is 0. The molecule has 0 atom stereocenters. The van der Waals surface area contributed by atoms with Gasteiger partial charge in [0.2, 0.25) is 0 Å². The molecule has 0 saturated heterocycles. The van der Waals surface area contributed by atoms with Crippen molar-refractivity contribution < 1.29 is 9.53 Å². The second-order valence-corrected chi connectivity index (χ2v) is 2.49. The lowest BCUT2D eigenvalue weighted by Gasteiger charge is -2.01. The molecular weight excluding hydrogens is 154 g/mol. The topological polar surface area (TPSA) is 52.3 Å². The van der Waals surface area contributed by atoms with Crippen molar-refractivity contribution in [3.05, 3.63) is 29.8 Å². The minimum atomic E-state index is -0.418. The molecule has 0 aliphatic carbocycles. The average Bonchev–Trinajstić information content (AvgIpc) is 2.09. The monoisotopic (exact) mass is 165 g/mol. The molecular formula is C9H11NO2. The summed E-state index contributed by atoms with van der Waals surface area (Å²) in [6.45, 7) is 1.88. The van der Waals surface area contributed by atoms with Crippen LogP contribution in [-0.4, -0.2) is 12.5 Å². The van der Waals surface area contributed by atoms with Gasteiger partial charge in [0, 0.05) is 0 Å². The van der Waals surface area contributed by atoms with Crippen LogP contribution in [0.4, 0.5) is 0 Å². The molecule has 0 radical (unpaired) electrons. The molecule has 0 spiro atoms. The summed E-state index contributed by atoms with van der Waals surface area (Å²) < 4.78 is 4.85. The number of hydrogen-bond acceptors (Lipinski definition) is 3. The molecule has 2 N–H and O–H groups in total. The molecule has 0 fully saturated rings. The first-order valence-corrected chi connectivity index (χ1v) is 3.70. The summed E-state index contributed by atoms with van der Waals surface area (Å²) in [7, 11) is 0. The van der Waals surface area contributed by atoms with Crippen LogP contribution in [0.3, 0.4) is 0 Å². The normalized spacial score (nSPS) is 9.50.